The molecule has 2 aromatic carbocycles. The van der Waals surface area contributed by atoms with Crippen LogP contribution >= 0.6 is 12.2 Å². The molecule has 2 bridgehead atoms. The summed E-state index contributed by atoms with van der Waals surface area (Å²) < 4.78 is 7.37. The number of benzene rings is 2. The van der Waals surface area contributed by atoms with Crippen LogP contribution in [0, 0.1) is 5.92 Å². The number of hydrogen-bond donors (Lipinski definition) is 2. The van der Waals surface area contributed by atoms with Crippen molar-refractivity contribution in [1.29, 1.82) is 0 Å². The highest BCUT2D eigenvalue weighted by Gasteiger charge is 2.41. The highest BCUT2D eigenvalue weighted by Crippen LogP contribution is 2.42. The number of piperidine rings is 3. The summed E-state index contributed by atoms with van der Waals surface area (Å²) in [7, 11) is 3.77. The lowest BCUT2D eigenvalue weighted by molar-refractivity contribution is 0.0303. The number of methoxy groups -OCH3 is 1. The summed E-state index contributed by atoms with van der Waals surface area (Å²) in [5.41, 5.74) is 4.51. The number of anilines is 1. The van der Waals surface area contributed by atoms with Crippen LogP contribution in [0.25, 0.3) is 11.3 Å². The molecule has 1 unspecified atom stereocenters. The Labute approximate surface area is 200 Å². The Kier molecular flexibility index (Phi) is 6.33. The maximum atomic E-state index is 5.51. The van der Waals surface area contributed by atoms with Crippen molar-refractivity contribution in [2.45, 2.75) is 24.8 Å². The molecule has 6 rings (SSSR count). The molecule has 6 nitrogen and oxygen atoms in total. The summed E-state index contributed by atoms with van der Waals surface area (Å²) in [4.78, 5) is 2.63. The van der Waals surface area contributed by atoms with Crippen LogP contribution in [0.3, 0.4) is 0 Å². The first kappa shape index (κ1) is 21.9. The number of para-hydroxylation sites is 1. The second-order valence-electron chi connectivity index (χ2n) is 9.05. The van der Waals surface area contributed by atoms with E-state index in [9.17, 15) is 0 Å². The average molecular weight is 462 g/mol. The summed E-state index contributed by atoms with van der Waals surface area (Å²) >= 11 is 5.51. The topological polar surface area (TPSA) is 54.4 Å². The fourth-order valence-corrected chi connectivity index (χ4v) is 5.53. The first-order valence-electron chi connectivity index (χ1n) is 11.6. The van der Waals surface area contributed by atoms with Crippen LogP contribution in [0.15, 0.2) is 60.7 Å². The van der Waals surface area contributed by atoms with Gasteiger partial charge >= 0.3 is 0 Å². The third-order valence-electron chi connectivity index (χ3n) is 7.09. The van der Waals surface area contributed by atoms with Gasteiger partial charge in [-0.25, -0.2) is 0 Å². The second kappa shape index (κ2) is 9.53. The summed E-state index contributed by atoms with van der Waals surface area (Å²) in [6, 6.07) is 21.0. The van der Waals surface area contributed by atoms with Crippen LogP contribution in [0.2, 0.25) is 0 Å². The minimum absolute atomic E-state index is 0.518. The summed E-state index contributed by atoms with van der Waals surface area (Å²) in [5.74, 6) is 2.07. The highest BCUT2D eigenvalue weighted by atomic mass is 32.1. The van der Waals surface area contributed by atoms with E-state index < -0.39 is 0 Å². The largest absolute Gasteiger partial charge is 0.497 e. The molecule has 3 aromatic rings. The van der Waals surface area contributed by atoms with Gasteiger partial charge in [-0.3, -0.25) is 9.58 Å². The molecule has 0 saturated carbocycles. The van der Waals surface area contributed by atoms with Crippen LogP contribution in [0.4, 0.5) is 5.69 Å². The van der Waals surface area contributed by atoms with E-state index in [1.807, 2.05) is 42.5 Å². The van der Waals surface area contributed by atoms with Gasteiger partial charge in [0.15, 0.2) is 5.11 Å². The first-order valence-corrected chi connectivity index (χ1v) is 12.0. The van der Waals surface area contributed by atoms with E-state index in [2.05, 4.69) is 45.5 Å². The predicted molar refractivity (Wildman–Crippen MR) is 137 cm³/mol. The van der Waals surface area contributed by atoms with Crippen molar-refractivity contribution < 1.29 is 4.74 Å². The third kappa shape index (κ3) is 4.75. The molecule has 172 valence electrons. The lowest BCUT2D eigenvalue weighted by Crippen LogP contribution is -2.56. The maximum absolute atomic E-state index is 5.51. The Morgan fingerprint density at radius 3 is 2.64 bits per heavy atom. The van der Waals surface area contributed by atoms with E-state index in [1.165, 1.54) is 18.5 Å². The van der Waals surface area contributed by atoms with Gasteiger partial charge in [-0.05, 0) is 80.0 Å². The summed E-state index contributed by atoms with van der Waals surface area (Å²) in [6.45, 7) is 3.12. The van der Waals surface area contributed by atoms with E-state index in [0.717, 1.165) is 42.3 Å². The Morgan fingerprint density at radius 2 is 1.94 bits per heavy atom. The van der Waals surface area contributed by atoms with Crippen molar-refractivity contribution in [3.63, 3.8) is 0 Å². The number of rotatable bonds is 6. The van der Waals surface area contributed by atoms with Crippen molar-refractivity contribution in [1.82, 2.24) is 20.0 Å². The van der Waals surface area contributed by atoms with E-state index in [0.29, 0.717) is 23.0 Å². The van der Waals surface area contributed by atoms with Gasteiger partial charge < -0.3 is 15.4 Å². The van der Waals surface area contributed by atoms with Crippen molar-refractivity contribution >= 4 is 23.0 Å². The molecule has 33 heavy (non-hydrogen) atoms. The molecule has 0 radical (unpaired) electrons. The van der Waals surface area contributed by atoms with Crippen molar-refractivity contribution in [2.24, 2.45) is 13.0 Å². The van der Waals surface area contributed by atoms with Gasteiger partial charge in [0.05, 0.1) is 12.8 Å². The monoisotopic (exact) mass is 461 g/mol. The number of thiocarbonyl (C=S) groups is 1. The molecule has 0 aliphatic carbocycles. The molecular formula is C26H31N5OS. The Morgan fingerprint density at radius 1 is 1.15 bits per heavy atom. The number of aryl methyl sites for hydroxylation is 1. The summed E-state index contributed by atoms with van der Waals surface area (Å²) in [5, 5.41) is 12.2. The van der Waals surface area contributed by atoms with Crippen LogP contribution in [0.5, 0.6) is 5.75 Å². The van der Waals surface area contributed by atoms with Crippen LogP contribution in [-0.2, 0) is 7.05 Å². The summed E-state index contributed by atoms with van der Waals surface area (Å²) in [6.07, 6.45) is 2.44. The Balaban J connectivity index is 1.21. The minimum Gasteiger partial charge on any atom is -0.497 e. The van der Waals surface area contributed by atoms with Crippen molar-refractivity contribution in [3.05, 3.63) is 66.4 Å². The standard InChI is InChI=1S/C26H31N5OS/c1-30-25(15-24(29-30)18-8-10-22(32-2)11-9-18)23-17-31-13-12-19(23)14-21(31)16-27-26(33)28-20-6-4-3-5-7-20/h3-11,15,19,21,23H,12-14,16-17H2,1-2H3,(H2,27,28,33)/t19-,21+,23-/m0/s1. The molecule has 7 heteroatoms. The van der Waals surface area contributed by atoms with Gasteiger partial charge in [-0.15, -0.1) is 0 Å². The van der Waals surface area contributed by atoms with E-state index in [4.69, 9.17) is 22.1 Å². The molecule has 3 aliphatic rings. The Hall–Kier alpha value is -2.90. The molecule has 3 aliphatic heterocycles. The van der Waals surface area contributed by atoms with Gasteiger partial charge in [0.1, 0.15) is 5.75 Å². The lowest BCUT2D eigenvalue weighted by atomic mass is 9.74. The fraction of sp³-hybridized carbons (Fsp3) is 0.385. The molecule has 3 fully saturated rings. The number of nitrogens with one attached hydrogen (secondary N) is 2. The van der Waals surface area contributed by atoms with Crippen LogP contribution in [-0.4, -0.2) is 52.6 Å². The number of ether oxygens (including phenoxy) is 1. The zero-order chi connectivity index (χ0) is 22.8. The van der Waals surface area contributed by atoms with Gasteiger partial charge in [-0.2, -0.15) is 5.10 Å². The number of fused-ring (bicyclic) bond motifs is 3. The number of nitrogens with zero attached hydrogens (tertiary/aromatic N) is 3. The molecule has 2 N–H and O–H groups in total. The zero-order valence-electron chi connectivity index (χ0n) is 19.2. The second-order valence-corrected chi connectivity index (χ2v) is 9.46. The normalized spacial score (nSPS) is 23.8. The molecule has 1 aromatic heterocycles. The van der Waals surface area contributed by atoms with Gasteiger partial charge in [-0.1, -0.05) is 18.2 Å². The Bertz CT molecular complexity index is 1100. The first-order chi connectivity index (χ1) is 16.1. The van der Waals surface area contributed by atoms with Gasteiger partial charge in [0.25, 0.3) is 0 Å². The third-order valence-corrected chi connectivity index (χ3v) is 7.34. The van der Waals surface area contributed by atoms with Gasteiger partial charge in [0, 0.05) is 49.0 Å². The van der Waals surface area contributed by atoms with Crippen molar-refractivity contribution in [2.75, 3.05) is 32.1 Å². The molecule has 0 spiro atoms. The molecule has 3 saturated heterocycles. The smallest absolute Gasteiger partial charge is 0.170 e. The SMILES string of the molecule is COc1ccc(-c2cc([C@H]3CN4CC[C@H]3C[C@@H]4CNC(=S)Nc3ccccc3)n(C)n2)cc1. The lowest BCUT2D eigenvalue weighted by Gasteiger charge is -2.50. The highest BCUT2D eigenvalue weighted by molar-refractivity contribution is 7.80. The zero-order valence-corrected chi connectivity index (χ0v) is 20.0. The van der Waals surface area contributed by atoms with Gasteiger partial charge in [0.2, 0.25) is 0 Å². The molecule has 0 amide bonds. The quantitative estimate of drug-likeness (QED) is 0.535. The van der Waals surface area contributed by atoms with E-state index >= 15 is 0 Å². The minimum atomic E-state index is 0.518. The number of hydrogen-bond acceptors (Lipinski definition) is 4. The molecular weight excluding hydrogens is 430 g/mol. The predicted octanol–water partition coefficient (Wildman–Crippen LogP) is 4.26. The molecule has 4 atom stereocenters. The van der Waals surface area contributed by atoms with E-state index in [1.54, 1.807) is 7.11 Å². The van der Waals surface area contributed by atoms with Crippen molar-refractivity contribution in [3.8, 4) is 17.0 Å². The van der Waals surface area contributed by atoms with E-state index in [-0.39, 0.29) is 0 Å². The fourth-order valence-electron chi connectivity index (χ4n) is 5.32. The van der Waals surface area contributed by atoms with Crippen LogP contribution < -0.4 is 15.4 Å². The maximum Gasteiger partial charge on any atom is 0.170 e. The number of aromatic nitrogens is 2. The molecule has 4 heterocycles. The average Bonchev–Trinajstić information content (AvgIpc) is 3.25. The van der Waals surface area contributed by atoms with Crippen LogP contribution in [0.1, 0.15) is 24.5 Å².